The molecule has 0 amide bonds. The van der Waals surface area contributed by atoms with Crippen molar-refractivity contribution in [3.63, 3.8) is 0 Å². The van der Waals surface area contributed by atoms with Crippen molar-refractivity contribution in [1.29, 1.82) is 0 Å². The predicted molar refractivity (Wildman–Crippen MR) is 133 cm³/mol. The summed E-state index contributed by atoms with van der Waals surface area (Å²) >= 11 is 4.03. The van der Waals surface area contributed by atoms with Gasteiger partial charge in [-0.1, -0.05) is 0 Å². The molecule has 1 N–H and O–H groups in total. The van der Waals surface area contributed by atoms with E-state index in [1.807, 2.05) is 22.6 Å². The van der Waals surface area contributed by atoms with Gasteiger partial charge in [0.25, 0.3) is 0 Å². The molecular formula is C23H21I2O6S-. The van der Waals surface area contributed by atoms with Gasteiger partial charge in [-0.15, -0.1) is 0 Å². The van der Waals surface area contributed by atoms with Crippen LogP contribution in [0.5, 0.6) is 11.5 Å². The fourth-order valence-corrected chi connectivity index (χ4v) is 8.89. The molecule has 4 fully saturated rings. The lowest BCUT2D eigenvalue weighted by atomic mass is 9.50. The Labute approximate surface area is 214 Å². The minimum Gasteiger partial charge on any atom is -0.744 e. The number of aromatic hydroxyl groups is 1. The predicted octanol–water partition coefficient (Wildman–Crippen LogP) is 5.26. The van der Waals surface area contributed by atoms with Crippen molar-refractivity contribution >= 4 is 61.3 Å². The number of hydrogen-bond acceptors (Lipinski definition) is 6. The third kappa shape index (κ3) is 4.18. The molecule has 9 heteroatoms. The maximum absolute atomic E-state index is 12.9. The van der Waals surface area contributed by atoms with Gasteiger partial charge >= 0.3 is 5.97 Å². The summed E-state index contributed by atoms with van der Waals surface area (Å²) in [6.07, 6.45) is 5.48. The summed E-state index contributed by atoms with van der Waals surface area (Å²) in [6, 6.07) is 7.42. The molecule has 0 unspecified atom stereocenters. The zero-order chi connectivity index (χ0) is 22.8. The molecule has 4 bridgehead atoms. The second-order valence-electron chi connectivity index (χ2n) is 9.29. The number of carbonyl (C=O) groups excluding carboxylic acids is 1. The number of carbonyl (C=O) groups is 1. The van der Waals surface area contributed by atoms with Crippen LogP contribution >= 0.6 is 45.2 Å². The van der Waals surface area contributed by atoms with Crippen LogP contribution in [0.15, 0.2) is 35.2 Å². The maximum atomic E-state index is 12.9. The van der Waals surface area contributed by atoms with E-state index in [1.54, 1.807) is 12.1 Å². The number of ether oxygens (including phenoxy) is 1. The molecule has 0 aromatic heterocycles. The summed E-state index contributed by atoms with van der Waals surface area (Å²) < 4.78 is 43.0. The summed E-state index contributed by atoms with van der Waals surface area (Å²) in [6.45, 7) is 0. The summed E-state index contributed by atoms with van der Waals surface area (Å²) in [5.41, 5.74) is 0.638. The first-order chi connectivity index (χ1) is 15.1. The highest BCUT2D eigenvalue weighted by molar-refractivity contribution is 14.1. The van der Waals surface area contributed by atoms with Crippen molar-refractivity contribution in [2.24, 2.45) is 23.7 Å². The average molecular weight is 679 g/mol. The van der Waals surface area contributed by atoms with Gasteiger partial charge in [0.2, 0.25) is 0 Å². The summed E-state index contributed by atoms with van der Waals surface area (Å²) in [7, 11) is -4.68. The van der Waals surface area contributed by atoms with Crippen LogP contribution in [0.4, 0.5) is 0 Å². The lowest BCUT2D eigenvalue weighted by Gasteiger charge is -2.55. The molecular weight excluding hydrogens is 658 g/mol. The lowest BCUT2D eigenvalue weighted by Crippen LogP contribution is -2.44. The maximum Gasteiger partial charge on any atom is 0.343 e. The van der Waals surface area contributed by atoms with Gasteiger partial charge in [0.15, 0.2) is 11.5 Å². The third-order valence-electron chi connectivity index (χ3n) is 7.30. The number of phenolic OH excluding ortho intramolecular Hbond substituents is 1. The molecule has 2 aromatic rings. The Balaban J connectivity index is 1.52. The first kappa shape index (κ1) is 22.9. The van der Waals surface area contributed by atoms with Crippen molar-refractivity contribution in [3.8, 4) is 11.5 Å². The van der Waals surface area contributed by atoms with Crippen LogP contribution < -0.4 is 4.74 Å². The molecule has 4 saturated carbocycles. The molecule has 32 heavy (non-hydrogen) atoms. The Morgan fingerprint density at radius 2 is 1.62 bits per heavy atom. The Kier molecular flexibility index (Phi) is 5.99. The molecule has 4 aliphatic rings. The SMILES string of the molecule is O=C(Oc1cc(I)cc(I)c1O)c1ccc(S(=O)(=O)[O-])c(C2C3CC4CC(C3)CC2C4)c1. The van der Waals surface area contributed by atoms with E-state index in [1.165, 1.54) is 24.6 Å². The Morgan fingerprint density at radius 3 is 2.22 bits per heavy atom. The number of benzene rings is 2. The van der Waals surface area contributed by atoms with Gasteiger partial charge in [-0.05, 0) is 143 Å². The highest BCUT2D eigenvalue weighted by Gasteiger charge is 2.49. The molecule has 0 heterocycles. The minimum atomic E-state index is -4.68. The van der Waals surface area contributed by atoms with E-state index >= 15 is 0 Å². The van der Waals surface area contributed by atoms with Crippen LogP contribution in [0.25, 0.3) is 0 Å². The average Bonchev–Trinajstić information content (AvgIpc) is 2.70. The smallest absolute Gasteiger partial charge is 0.343 e. The highest BCUT2D eigenvalue weighted by Crippen LogP contribution is 2.60. The molecule has 0 saturated heterocycles. The van der Waals surface area contributed by atoms with Gasteiger partial charge in [0, 0.05) is 3.57 Å². The van der Waals surface area contributed by atoms with Crippen molar-refractivity contribution in [3.05, 3.63) is 48.6 Å². The van der Waals surface area contributed by atoms with Gasteiger partial charge < -0.3 is 14.4 Å². The van der Waals surface area contributed by atoms with E-state index in [-0.39, 0.29) is 27.9 Å². The molecule has 0 spiro atoms. The van der Waals surface area contributed by atoms with Crippen molar-refractivity contribution in [2.75, 3.05) is 0 Å². The van der Waals surface area contributed by atoms with E-state index in [2.05, 4.69) is 22.6 Å². The van der Waals surface area contributed by atoms with Gasteiger partial charge in [0.05, 0.1) is 14.0 Å². The molecule has 6 nitrogen and oxygen atoms in total. The first-order valence-electron chi connectivity index (χ1n) is 10.6. The van der Waals surface area contributed by atoms with E-state index < -0.39 is 16.1 Å². The highest BCUT2D eigenvalue weighted by atomic mass is 127. The fraction of sp³-hybridized carbons (Fsp3) is 0.435. The zero-order valence-corrected chi connectivity index (χ0v) is 22.1. The molecule has 2 aromatic carbocycles. The largest absolute Gasteiger partial charge is 0.744 e. The first-order valence-corrected chi connectivity index (χ1v) is 14.2. The topological polar surface area (TPSA) is 104 Å². The number of phenols is 1. The van der Waals surface area contributed by atoms with E-state index in [9.17, 15) is 22.9 Å². The molecule has 0 atom stereocenters. The molecule has 0 radical (unpaired) electrons. The van der Waals surface area contributed by atoms with Gasteiger partial charge in [-0.3, -0.25) is 0 Å². The molecule has 6 rings (SSSR count). The fourth-order valence-electron chi connectivity index (χ4n) is 6.38. The van der Waals surface area contributed by atoms with Crippen LogP contribution in [-0.4, -0.2) is 24.0 Å². The Bertz CT molecular complexity index is 1180. The number of halogens is 2. The second-order valence-corrected chi connectivity index (χ2v) is 13.0. The number of hydrogen-bond donors (Lipinski definition) is 1. The normalized spacial score (nSPS) is 28.7. The van der Waals surface area contributed by atoms with E-state index in [4.69, 9.17) is 4.74 Å². The molecule has 0 aliphatic heterocycles. The van der Waals surface area contributed by atoms with Crippen LogP contribution in [0.1, 0.15) is 53.9 Å². The van der Waals surface area contributed by atoms with E-state index in [0.717, 1.165) is 29.3 Å². The Hall–Kier alpha value is -0.920. The molecule has 4 aliphatic carbocycles. The van der Waals surface area contributed by atoms with Crippen LogP contribution in [0, 0.1) is 30.8 Å². The zero-order valence-electron chi connectivity index (χ0n) is 17.0. The van der Waals surface area contributed by atoms with E-state index in [0.29, 0.717) is 32.8 Å². The van der Waals surface area contributed by atoms with Crippen molar-refractivity contribution in [1.82, 2.24) is 0 Å². The van der Waals surface area contributed by atoms with Crippen molar-refractivity contribution < 1.29 is 27.6 Å². The lowest BCUT2D eigenvalue weighted by molar-refractivity contribution is -0.00373. The standard InChI is InChI=1S/C23H22I2O6S/c24-16-9-18(25)22(26)19(10-16)31-23(27)13-1-2-20(32(28,29)30)17(8-13)21-14-4-11-3-12(6-14)7-15(21)5-11/h1-2,8-12,14-15,21,26H,3-7H2,(H,28,29,30)/p-1. The molecule has 170 valence electrons. The third-order valence-corrected chi connectivity index (χ3v) is 9.65. The summed E-state index contributed by atoms with van der Waals surface area (Å²) in [5.74, 6) is 1.28. The quantitative estimate of drug-likeness (QED) is 0.205. The second kappa shape index (κ2) is 8.38. The van der Waals surface area contributed by atoms with Gasteiger partial charge in [0.1, 0.15) is 10.1 Å². The number of rotatable bonds is 4. The Morgan fingerprint density at radius 1 is 1.00 bits per heavy atom. The number of esters is 1. The van der Waals surface area contributed by atoms with Gasteiger partial charge in [-0.25, -0.2) is 13.2 Å². The monoisotopic (exact) mass is 679 g/mol. The minimum absolute atomic E-state index is 0.0266. The van der Waals surface area contributed by atoms with Crippen molar-refractivity contribution in [2.45, 2.75) is 42.9 Å². The summed E-state index contributed by atoms with van der Waals surface area (Å²) in [5, 5.41) is 10.3. The van der Waals surface area contributed by atoms with Gasteiger partial charge in [-0.2, -0.15) is 0 Å². The summed E-state index contributed by atoms with van der Waals surface area (Å²) in [4.78, 5) is 12.7. The van der Waals surface area contributed by atoms with Crippen LogP contribution in [-0.2, 0) is 10.1 Å². The van der Waals surface area contributed by atoms with Crippen LogP contribution in [0.3, 0.4) is 0 Å². The van der Waals surface area contributed by atoms with Crippen LogP contribution in [0.2, 0.25) is 0 Å².